The van der Waals surface area contributed by atoms with Crippen molar-refractivity contribution in [2.75, 3.05) is 5.32 Å². The topological polar surface area (TPSA) is 57.8 Å². The van der Waals surface area contributed by atoms with Gasteiger partial charge in [0.15, 0.2) is 5.82 Å². The van der Waals surface area contributed by atoms with Crippen molar-refractivity contribution in [2.24, 2.45) is 0 Å². The molecule has 2 aromatic rings. The molecule has 88 valence electrons. The number of aromatic amines is 1. The predicted molar refractivity (Wildman–Crippen MR) is 72.3 cm³/mol. The number of hydrogen-bond acceptors (Lipinski definition) is 3. The summed E-state index contributed by atoms with van der Waals surface area (Å²) in [4.78, 5) is 17.7. The normalized spacial score (nSPS) is 10.3. The Hall–Kier alpha value is -1.15. The number of hydrogen-bond donors (Lipinski definition) is 2. The van der Waals surface area contributed by atoms with Gasteiger partial charge in [-0.1, -0.05) is 11.6 Å². The molecule has 1 aromatic carbocycles. The summed E-state index contributed by atoms with van der Waals surface area (Å²) >= 11 is 7.42. The standard InChI is InChI=1S/C10H6ClFIN3O/c11-6-2-1-5(3-7(6)12)16-9-8(13)10(17)15-4-14-9/h1-4H,(H2,14,15,16,17). The molecule has 0 aliphatic rings. The fourth-order valence-electron chi connectivity index (χ4n) is 1.18. The second-order valence-electron chi connectivity index (χ2n) is 3.15. The van der Waals surface area contributed by atoms with Crippen molar-refractivity contribution in [3.8, 4) is 0 Å². The van der Waals surface area contributed by atoms with Crippen molar-refractivity contribution < 1.29 is 4.39 Å². The molecule has 0 atom stereocenters. The van der Waals surface area contributed by atoms with E-state index >= 15 is 0 Å². The minimum atomic E-state index is -0.531. The van der Waals surface area contributed by atoms with Gasteiger partial charge in [0, 0.05) is 5.69 Å². The van der Waals surface area contributed by atoms with Gasteiger partial charge in [-0.2, -0.15) is 0 Å². The molecule has 0 saturated carbocycles. The van der Waals surface area contributed by atoms with Crippen LogP contribution in [0.25, 0.3) is 0 Å². The molecule has 4 nitrogen and oxygen atoms in total. The molecule has 0 aliphatic carbocycles. The van der Waals surface area contributed by atoms with Crippen molar-refractivity contribution in [1.29, 1.82) is 0 Å². The van der Waals surface area contributed by atoms with Gasteiger partial charge in [-0.3, -0.25) is 4.79 Å². The SMILES string of the molecule is O=c1[nH]cnc(Nc2ccc(Cl)c(F)c2)c1I. The Labute approximate surface area is 114 Å². The summed E-state index contributed by atoms with van der Waals surface area (Å²) in [6, 6.07) is 4.27. The van der Waals surface area contributed by atoms with Crippen molar-refractivity contribution in [1.82, 2.24) is 9.97 Å². The van der Waals surface area contributed by atoms with E-state index in [-0.39, 0.29) is 10.6 Å². The van der Waals surface area contributed by atoms with Gasteiger partial charge in [0.1, 0.15) is 9.39 Å². The Balaban J connectivity index is 2.35. The Kier molecular flexibility index (Phi) is 3.63. The molecule has 0 aliphatic heterocycles. The second-order valence-corrected chi connectivity index (χ2v) is 4.63. The Morgan fingerprint density at radius 1 is 1.47 bits per heavy atom. The number of anilines is 2. The van der Waals surface area contributed by atoms with Crippen LogP contribution in [0.15, 0.2) is 29.3 Å². The summed E-state index contributed by atoms with van der Waals surface area (Å²) in [5.74, 6) is -0.160. The van der Waals surface area contributed by atoms with Crippen LogP contribution in [0.1, 0.15) is 0 Å². The highest BCUT2D eigenvalue weighted by atomic mass is 127. The molecule has 2 rings (SSSR count). The predicted octanol–water partition coefficient (Wildman–Crippen LogP) is 2.91. The second kappa shape index (κ2) is 5.01. The van der Waals surface area contributed by atoms with Crippen LogP contribution in [0.5, 0.6) is 0 Å². The number of H-pyrrole nitrogens is 1. The average Bonchev–Trinajstić information content (AvgIpc) is 2.30. The van der Waals surface area contributed by atoms with Gasteiger partial charge in [0.25, 0.3) is 5.56 Å². The van der Waals surface area contributed by atoms with Crippen molar-refractivity contribution in [3.63, 3.8) is 0 Å². The molecule has 2 N–H and O–H groups in total. The number of benzene rings is 1. The first-order chi connectivity index (χ1) is 8.08. The molecule has 1 aromatic heterocycles. The zero-order valence-electron chi connectivity index (χ0n) is 8.30. The molecule has 7 heteroatoms. The average molecular weight is 366 g/mol. The number of halogens is 3. The first-order valence-corrected chi connectivity index (χ1v) is 5.99. The molecular formula is C10H6ClFIN3O. The van der Waals surface area contributed by atoms with E-state index in [0.717, 1.165) is 0 Å². The summed E-state index contributed by atoms with van der Waals surface area (Å²) in [5.41, 5.74) is 0.223. The third-order valence-electron chi connectivity index (χ3n) is 1.98. The van der Waals surface area contributed by atoms with Crippen LogP contribution >= 0.6 is 34.2 Å². The van der Waals surface area contributed by atoms with Crippen LogP contribution in [-0.2, 0) is 0 Å². The molecule has 0 fully saturated rings. The van der Waals surface area contributed by atoms with Crippen LogP contribution in [0.4, 0.5) is 15.9 Å². The molecule has 0 amide bonds. The van der Waals surface area contributed by atoms with Crippen LogP contribution in [-0.4, -0.2) is 9.97 Å². The van der Waals surface area contributed by atoms with Gasteiger partial charge in [0.05, 0.1) is 11.3 Å². The molecule has 0 radical (unpaired) electrons. The summed E-state index contributed by atoms with van der Waals surface area (Å²) in [6.45, 7) is 0. The highest BCUT2D eigenvalue weighted by Crippen LogP contribution is 2.22. The number of rotatable bonds is 2. The Morgan fingerprint density at radius 2 is 2.24 bits per heavy atom. The highest BCUT2D eigenvalue weighted by molar-refractivity contribution is 14.1. The van der Waals surface area contributed by atoms with Crippen LogP contribution < -0.4 is 10.9 Å². The van der Waals surface area contributed by atoms with E-state index in [2.05, 4.69) is 15.3 Å². The molecule has 0 bridgehead atoms. The molecule has 17 heavy (non-hydrogen) atoms. The van der Waals surface area contributed by atoms with Gasteiger partial charge in [-0.05, 0) is 40.8 Å². The minimum absolute atomic E-state index is 0.0455. The minimum Gasteiger partial charge on any atom is -0.339 e. The fraction of sp³-hybridized carbons (Fsp3) is 0. The molecular weight excluding hydrogens is 359 g/mol. The monoisotopic (exact) mass is 365 g/mol. The van der Waals surface area contributed by atoms with E-state index in [4.69, 9.17) is 11.6 Å². The lowest BCUT2D eigenvalue weighted by Gasteiger charge is -2.06. The van der Waals surface area contributed by atoms with E-state index in [9.17, 15) is 9.18 Å². The van der Waals surface area contributed by atoms with Gasteiger partial charge < -0.3 is 10.3 Å². The van der Waals surface area contributed by atoms with Crippen molar-refractivity contribution in [2.45, 2.75) is 0 Å². The van der Waals surface area contributed by atoms with Gasteiger partial charge in [0.2, 0.25) is 0 Å². The lowest BCUT2D eigenvalue weighted by molar-refractivity contribution is 0.629. The third kappa shape index (κ3) is 2.75. The zero-order valence-corrected chi connectivity index (χ0v) is 11.2. The first kappa shape index (κ1) is 12.3. The van der Waals surface area contributed by atoms with Crippen LogP contribution in [0, 0.1) is 9.39 Å². The van der Waals surface area contributed by atoms with E-state index in [1.54, 1.807) is 6.07 Å². The zero-order chi connectivity index (χ0) is 12.4. The first-order valence-electron chi connectivity index (χ1n) is 4.53. The van der Waals surface area contributed by atoms with E-state index in [0.29, 0.717) is 15.1 Å². The summed E-state index contributed by atoms with van der Waals surface area (Å²) < 4.78 is 13.6. The molecule has 0 saturated heterocycles. The Morgan fingerprint density at radius 3 is 2.94 bits per heavy atom. The number of nitrogens with zero attached hydrogens (tertiary/aromatic N) is 1. The molecule has 1 heterocycles. The van der Waals surface area contributed by atoms with E-state index in [1.807, 2.05) is 22.6 Å². The van der Waals surface area contributed by atoms with E-state index < -0.39 is 5.82 Å². The largest absolute Gasteiger partial charge is 0.339 e. The van der Waals surface area contributed by atoms with Crippen LogP contribution in [0.3, 0.4) is 0 Å². The van der Waals surface area contributed by atoms with Crippen LogP contribution in [0.2, 0.25) is 5.02 Å². The summed E-state index contributed by atoms with van der Waals surface area (Å²) in [6.07, 6.45) is 1.28. The smallest absolute Gasteiger partial charge is 0.266 e. The van der Waals surface area contributed by atoms with Crippen molar-refractivity contribution in [3.05, 3.63) is 49.3 Å². The number of nitrogens with one attached hydrogen (secondary N) is 2. The Bertz CT molecular complexity index is 617. The maximum Gasteiger partial charge on any atom is 0.266 e. The van der Waals surface area contributed by atoms with E-state index in [1.165, 1.54) is 18.5 Å². The van der Waals surface area contributed by atoms with Gasteiger partial charge in [-0.15, -0.1) is 0 Å². The van der Waals surface area contributed by atoms with Gasteiger partial charge in [-0.25, -0.2) is 9.37 Å². The maximum atomic E-state index is 13.2. The lowest BCUT2D eigenvalue weighted by atomic mass is 10.3. The number of aromatic nitrogens is 2. The third-order valence-corrected chi connectivity index (χ3v) is 3.29. The fourth-order valence-corrected chi connectivity index (χ4v) is 1.73. The summed E-state index contributed by atoms with van der Waals surface area (Å²) in [7, 11) is 0. The highest BCUT2D eigenvalue weighted by Gasteiger charge is 2.06. The lowest BCUT2D eigenvalue weighted by Crippen LogP contribution is -2.12. The van der Waals surface area contributed by atoms with Crippen molar-refractivity contribution >= 4 is 45.7 Å². The molecule has 0 unspecified atom stereocenters. The summed E-state index contributed by atoms with van der Waals surface area (Å²) in [5, 5.41) is 2.89. The van der Waals surface area contributed by atoms with Gasteiger partial charge >= 0.3 is 0 Å². The quantitative estimate of drug-likeness (QED) is 0.805. The molecule has 0 spiro atoms. The maximum absolute atomic E-state index is 13.2.